The summed E-state index contributed by atoms with van der Waals surface area (Å²) in [6, 6.07) is 18.1. The van der Waals surface area contributed by atoms with Crippen LogP contribution < -0.4 is 4.74 Å². The van der Waals surface area contributed by atoms with Crippen LogP contribution in [0.1, 0.15) is 29.5 Å². The second kappa shape index (κ2) is 6.37. The molecule has 2 aliphatic rings. The van der Waals surface area contributed by atoms with E-state index >= 15 is 0 Å². The Hall–Kier alpha value is -1.80. The van der Waals surface area contributed by atoms with Gasteiger partial charge in [0.05, 0.1) is 7.11 Å². The molecule has 2 nitrogen and oxygen atoms in total. The van der Waals surface area contributed by atoms with Gasteiger partial charge in [0, 0.05) is 12.6 Å². The van der Waals surface area contributed by atoms with Crippen LogP contribution in [-0.4, -0.2) is 24.6 Å². The molecule has 1 saturated heterocycles. The molecule has 4 rings (SSSR count). The first-order valence-electron chi connectivity index (χ1n) is 8.78. The molecule has 0 N–H and O–H groups in total. The summed E-state index contributed by atoms with van der Waals surface area (Å²) in [5.74, 6) is 1.86. The molecular formula is C21H25NO. The lowest BCUT2D eigenvalue weighted by Gasteiger charge is -2.45. The van der Waals surface area contributed by atoms with Gasteiger partial charge in [0.25, 0.3) is 0 Å². The summed E-state index contributed by atoms with van der Waals surface area (Å²) in [7, 11) is 1.80. The number of nitrogens with zero attached hydrogens (tertiary/aromatic N) is 1. The number of rotatable bonds is 3. The molecule has 1 fully saturated rings. The summed E-state index contributed by atoms with van der Waals surface area (Å²) in [4.78, 5) is 2.71. The molecule has 0 bridgehead atoms. The maximum atomic E-state index is 5.60. The number of benzene rings is 2. The smallest absolute Gasteiger partial charge is 0.122 e. The number of likely N-dealkylation sites (tertiary alicyclic amines) is 1. The van der Waals surface area contributed by atoms with Crippen LogP contribution in [0.5, 0.6) is 5.75 Å². The molecule has 1 heterocycles. The van der Waals surface area contributed by atoms with Gasteiger partial charge in [-0.15, -0.1) is 0 Å². The third kappa shape index (κ3) is 2.88. The predicted molar refractivity (Wildman–Crippen MR) is 93.8 cm³/mol. The van der Waals surface area contributed by atoms with E-state index in [0.717, 1.165) is 18.2 Å². The van der Waals surface area contributed by atoms with E-state index in [1.54, 1.807) is 7.11 Å². The van der Waals surface area contributed by atoms with E-state index in [1.807, 2.05) is 0 Å². The van der Waals surface area contributed by atoms with Crippen LogP contribution in [-0.2, 0) is 19.4 Å². The Morgan fingerprint density at radius 3 is 2.74 bits per heavy atom. The standard InChI is InChI=1S/C21H25NO/c1-23-21-11-5-9-17-14-20-18(13-19(17)21)10-6-12-22(20)15-16-7-3-2-4-8-16/h2-5,7-9,11,18,20H,6,10,12-15H2,1H3/t18-,20+/m1/s1. The van der Waals surface area contributed by atoms with Crippen molar-refractivity contribution in [3.63, 3.8) is 0 Å². The summed E-state index contributed by atoms with van der Waals surface area (Å²) < 4.78 is 5.60. The first kappa shape index (κ1) is 14.8. The van der Waals surface area contributed by atoms with E-state index in [9.17, 15) is 0 Å². The molecule has 2 atom stereocenters. The van der Waals surface area contributed by atoms with Crippen LogP contribution in [0.4, 0.5) is 0 Å². The van der Waals surface area contributed by atoms with E-state index in [-0.39, 0.29) is 0 Å². The molecule has 1 aliphatic carbocycles. The van der Waals surface area contributed by atoms with Gasteiger partial charge in [-0.3, -0.25) is 4.90 Å². The van der Waals surface area contributed by atoms with Crippen LogP contribution in [0.3, 0.4) is 0 Å². The lowest BCUT2D eigenvalue weighted by atomic mass is 9.75. The van der Waals surface area contributed by atoms with E-state index in [4.69, 9.17) is 4.74 Å². The first-order chi connectivity index (χ1) is 11.3. The van der Waals surface area contributed by atoms with Crippen LogP contribution in [0.2, 0.25) is 0 Å². The zero-order valence-corrected chi connectivity index (χ0v) is 13.9. The van der Waals surface area contributed by atoms with Crippen molar-refractivity contribution in [3.05, 3.63) is 65.2 Å². The quantitative estimate of drug-likeness (QED) is 0.847. The summed E-state index contributed by atoms with van der Waals surface area (Å²) in [6.45, 7) is 2.32. The molecule has 0 radical (unpaired) electrons. The van der Waals surface area contributed by atoms with Gasteiger partial charge < -0.3 is 4.74 Å². The minimum Gasteiger partial charge on any atom is -0.496 e. The SMILES string of the molecule is COc1cccc2c1C[C@H]1CCCN(Cc3ccccc3)[C@H]1C2. The van der Waals surface area contributed by atoms with Crippen molar-refractivity contribution in [3.8, 4) is 5.75 Å². The highest BCUT2D eigenvalue weighted by Crippen LogP contribution is 2.39. The average Bonchev–Trinajstić information content (AvgIpc) is 2.61. The van der Waals surface area contributed by atoms with E-state index < -0.39 is 0 Å². The molecule has 0 unspecified atom stereocenters. The molecule has 0 aromatic heterocycles. The molecule has 0 amide bonds. The molecule has 0 spiro atoms. The molecule has 120 valence electrons. The molecule has 1 aliphatic heterocycles. The van der Waals surface area contributed by atoms with Crippen LogP contribution in [0, 0.1) is 5.92 Å². The Bertz CT molecular complexity index is 667. The monoisotopic (exact) mass is 307 g/mol. The molecule has 2 aromatic rings. The Morgan fingerprint density at radius 2 is 1.91 bits per heavy atom. The van der Waals surface area contributed by atoms with Gasteiger partial charge in [-0.05, 0) is 60.9 Å². The summed E-state index contributed by atoms with van der Waals surface area (Å²) in [6.07, 6.45) is 5.02. The molecule has 23 heavy (non-hydrogen) atoms. The van der Waals surface area contributed by atoms with Gasteiger partial charge in [-0.25, -0.2) is 0 Å². The van der Waals surface area contributed by atoms with E-state index in [1.165, 1.54) is 48.9 Å². The normalized spacial score (nSPS) is 23.9. The number of hydrogen-bond acceptors (Lipinski definition) is 2. The van der Waals surface area contributed by atoms with Crippen LogP contribution in [0.25, 0.3) is 0 Å². The predicted octanol–water partition coefficient (Wildman–Crippen LogP) is 4.07. The highest BCUT2D eigenvalue weighted by molar-refractivity contribution is 5.43. The van der Waals surface area contributed by atoms with Gasteiger partial charge in [0.2, 0.25) is 0 Å². The fourth-order valence-electron chi connectivity index (χ4n) is 4.47. The van der Waals surface area contributed by atoms with Crippen LogP contribution >= 0.6 is 0 Å². The van der Waals surface area contributed by atoms with E-state index in [2.05, 4.69) is 53.4 Å². The summed E-state index contributed by atoms with van der Waals surface area (Å²) >= 11 is 0. The van der Waals surface area contributed by atoms with E-state index in [0.29, 0.717) is 6.04 Å². The molecule has 2 aromatic carbocycles. The second-order valence-corrected chi connectivity index (χ2v) is 6.93. The minimum atomic E-state index is 0.684. The van der Waals surface area contributed by atoms with Crippen molar-refractivity contribution in [1.82, 2.24) is 4.90 Å². The molecule has 2 heteroatoms. The lowest BCUT2D eigenvalue weighted by Crippen LogP contribution is -2.48. The number of fused-ring (bicyclic) bond motifs is 2. The van der Waals surface area contributed by atoms with Crippen molar-refractivity contribution >= 4 is 0 Å². The highest BCUT2D eigenvalue weighted by Gasteiger charge is 2.36. The number of ether oxygens (including phenoxy) is 1. The summed E-state index contributed by atoms with van der Waals surface area (Å²) in [5.41, 5.74) is 4.38. The average molecular weight is 307 g/mol. The fraction of sp³-hybridized carbons (Fsp3) is 0.429. The minimum absolute atomic E-state index is 0.684. The van der Waals surface area contributed by atoms with Crippen LogP contribution in [0.15, 0.2) is 48.5 Å². The highest BCUT2D eigenvalue weighted by atomic mass is 16.5. The van der Waals surface area contributed by atoms with Crippen molar-refractivity contribution in [1.29, 1.82) is 0 Å². The maximum absolute atomic E-state index is 5.60. The van der Waals surface area contributed by atoms with Gasteiger partial charge in [0.1, 0.15) is 5.75 Å². The zero-order valence-electron chi connectivity index (χ0n) is 13.9. The third-order valence-corrected chi connectivity index (χ3v) is 5.61. The number of methoxy groups -OCH3 is 1. The number of hydrogen-bond donors (Lipinski definition) is 0. The van der Waals surface area contributed by atoms with Crippen molar-refractivity contribution in [2.45, 2.75) is 38.3 Å². The molecular weight excluding hydrogens is 282 g/mol. The van der Waals surface area contributed by atoms with Gasteiger partial charge in [-0.1, -0.05) is 42.5 Å². The van der Waals surface area contributed by atoms with Gasteiger partial charge in [0.15, 0.2) is 0 Å². The zero-order chi connectivity index (χ0) is 15.6. The lowest BCUT2D eigenvalue weighted by molar-refractivity contribution is 0.0778. The Morgan fingerprint density at radius 1 is 1.04 bits per heavy atom. The summed E-state index contributed by atoms with van der Waals surface area (Å²) in [5, 5.41) is 0. The second-order valence-electron chi connectivity index (χ2n) is 6.93. The Kier molecular flexibility index (Phi) is 4.09. The van der Waals surface area contributed by atoms with Crippen molar-refractivity contribution in [2.24, 2.45) is 5.92 Å². The Balaban J connectivity index is 1.59. The number of piperidine rings is 1. The largest absolute Gasteiger partial charge is 0.496 e. The van der Waals surface area contributed by atoms with Crippen molar-refractivity contribution < 1.29 is 4.74 Å². The maximum Gasteiger partial charge on any atom is 0.122 e. The van der Waals surface area contributed by atoms with Gasteiger partial charge >= 0.3 is 0 Å². The molecule has 0 saturated carbocycles. The topological polar surface area (TPSA) is 12.5 Å². The van der Waals surface area contributed by atoms with Gasteiger partial charge in [-0.2, -0.15) is 0 Å². The van der Waals surface area contributed by atoms with Crippen molar-refractivity contribution in [2.75, 3.05) is 13.7 Å². The fourth-order valence-corrected chi connectivity index (χ4v) is 4.47. The Labute approximate surface area is 139 Å². The third-order valence-electron chi connectivity index (χ3n) is 5.61. The first-order valence-corrected chi connectivity index (χ1v) is 8.78.